The van der Waals surface area contributed by atoms with Gasteiger partial charge in [0.25, 0.3) is 0 Å². The van der Waals surface area contributed by atoms with Crippen LogP contribution in [0.25, 0.3) is 4.98 Å². The number of aliphatic hydroxyl groups excluding tert-OH is 1. The summed E-state index contributed by atoms with van der Waals surface area (Å²) in [6.07, 6.45) is 5.95. The first-order valence-electron chi connectivity index (χ1n) is 3.61. The maximum absolute atomic E-state index is 8.24. The SMILES string of the molecule is CCO.N#[N+]C1=CCC(=S)C=C1. The molecular weight excluding hydrogens is 172 g/mol. The van der Waals surface area contributed by atoms with Gasteiger partial charge in [-0.15, -0.1) is 0 Å². The number of thiocarbonyl (C=S) groups is 1. The quantitative estimate of drug-likeness (QED) is 0.462. The molecule has 0 unspecified atom stereocenters. The summed E-state index contributed by atoms with van der Waals surface area (Å²) in [4.78, 5) is 3.87. The minimum atomic E-state index is 0.250. The lowest BCUT2D eigenvalue weighted by Crippen LogP contribution is -1.90. The first-order chi connectivity index (χ1) is 5.74. The van der Waals surface area contributed by atoms with Gasteiger partial charge < -0.3 is 5.11 Å². The number of nitrogens with zero attached hydrogens (tertiary/aromatic N) is 2. The second-order valence-corrected chi connectivity index (χ2v) is 2.57. The van der Waals surface area contributed by atoms with Crippen molar-refractivity contribution >= 4 is 17.1 Å². The molecule has 0 aromatic carbocycles. The lowest BCUT2D eigenvalue weighted by molar-refractivity contribution is 0.318. The van der Waals surface area contributed by atoms with Crippen LogP contribution in [0.2, 0.25) is 0 Å². The van der Waals surface area contributed by atoms with Crippen molar-refractivity contribution in [2.75, 3.05) is 6.61 Å². The van der Waals surface area contributed by atoms with Crippen molar-refractivity contribution < 1.29 is 5.11 Å². The zero-order valence-corrected chi connectivity index (χ0v) is 7.71. The minimum absolute atomic E-state index is 0.250. The van der Waals surface area contributed by atoms with Crippen LogP contribution < -0.4 is 0 Å². The zero-order chi connectivity index (χ0) is 9.40. The summed E-state index contributed by atoms with van der Waals surface area (Å²) in [6.45, 7) is 1.93. The van der Waals surface area contributed by atoms with Crippen LogP contribution in [0.4, 0.5) is 0 Å². The molecule has 4 heteroatoms. The first kappa shape index (κ1) is 11.0. The van der Waals surface area contributed by atoms with E-state index in [4.69, 9.17) is 22.7 Å². The van der Waals surface area contributed by atoms with Crippen molar-refractivity contribution in [3.63, 3.8) is 0 Å². The maximum atomic E-state index is 8.24. The Morgan fingerprint density at radius 1 is 1.67 bits per heavy atom. The average Bonchev–Trinajstić information content (AvgIpc) is 2.07. The number of aliphatic hydroxyl groups is 1. The highest BCUT2D eigenvalue weighted by Gasteiger charge is 2.08. The van der Waals surface area contributed by atoms with Crippen LogP contribution in [0, 0.1) is 5.39 Å². The Balaban J connectivity index is 0.000000354. The highest BCUT2D eigenvalue weighted by molar-refractivity contribution is 7.80. The topological polar surface area (TPSA) is 48.4 Å². The number of rotatable bonds is 0. The molecule has 64 valence electrons. The van der Waals surface area contributed by atoms with Crippen molar-refractivity contribution in [1.29, 1.82) is 5.39 Å². The predicted octanol–water partition coefficient (Wildman–Crippen LogP) is 2.05. The first-order valence-corrected chi connectivity index (χ1v) is 4.02. The highest BCUT2D eigenvalue weighted by Crippen LogP contribution is 2.08. The van der Waals surface area contributed by atoms with Gasteiger partial charge in [0.1, 0.15) is 0 Å². The van der Waals surface area contributed by atoms with Crippen molar-refractivity contribution in [1.82, 2.24) is 0 Å². The molecule has 0 heterocycles. The monoisotopic (exact) mass is 183 g/mol. The number of allylic oxidation sites excluding steroid dienone is 3. The van der Waals surface area contributed by atoms with E-state index in [-0.39, 0.29) is 6.61 Å². The third-order valence-corrected chi connectivity index (χ3v) is 1.37. The fraction of sp³-hybridized carbons (Fsp3) is 0.375. The highest BCUT2D eigenvalue weighted by atomic mass is 32.1. The van der Waals surface area contributed by atoms with Crippen molar-refractivity contribution in [2.45, 2.75) is 13.3 Å². The van der Waals surface area contributed by atoms with E-state index in [1.807, 2.05) is 0 Å². The Morgan fingerprint density at radius 3 is 2.58 bits per heavy atom. The minimum Gasteiger partial charge on any atom is -0.397 e. The van der Waals surface area contributed by atoms with Gasteiger partial charge in [-0.05, 0) is 13.0 Å². The van der Waals surface area contributed by atoms with E-state index in [0.717, 1.165) is 4.86 Å². The lowest BCUT2D eigenvalue weighted by atomic mass is 10.1. The molecule has 1 N–H and O–H groups in total. The van der Waals surface area contributed by atoms with Crippen LogP contribution in [-0.4, -0.2) is 16.6 Å². The van der Waals surface area contributed by atoms with Crippen molar-refractivity contribution in [2.24, 2.45) is 0 Å². The van der Waals surface area contributed by atoms with E-state index >= 15 is 0 Å². The van der Waals surface area contributed by atoms with Gasteiger partial charge in [-0.2, -0.15) is 0 Å². The summed E-state index contributed by atoms with van der Waals surface area (Å²) in [5.74, 6) is 0. The summed E-state index contributed by atoms with van der Waals surface area (Å²) in [5, 5.41) is 15.8. The van der Waals surface area contributed by atoms with Crippen LogP contribution in [0.15, 0.2) is 23.9 Å². The number of hydrogen-bond acceptors (Lipinski definition) is 3. The Morgan fingerprint density at radius 2 is 2.25 bits per heavy atom. The predicted molar refractivity (Wildman–Crippen MR) is 52.3 cm³/mol. The van der Waals surface area contributed by atoms with Gasteiger partial charge in [-0.1, -0.05) is 12.2 Å². The van der Waals surface area contributed by atoms with E-state index in [1.165, 1.54) is 0 Å². The summed E-state index contributed by atoms with van der Waals surface area (Å²) < 4.78 is 0. The molecular formula is C8H11N2OS+. The molecule has 1 aliphatic carbocycles. The fourth-order valence-electron chi connectivity index (χ4n) is 0.594. The van der Waals surface area contributed by atoms with Gasteiger partial charge in [0.05, 0.1) is 0 Å². The molecule has 0 spiro atoms. The van der Waals surface area contributed by atoms with Gasteiger partial charge in [-0.3, -0.25) is 0 Å². The van der Waals surface area contributed by atoms with Crippen LogP contribution in [0.3, 0.4) is 0 Å². The van der Waals surface area contributed by atoms with Gasteiger partial charge in [-0.25, -0.2) is 0 Å². The third-order valence-electron chi connectivity index (χ3n) is 1.07. The Labute approximate surface area is 77.0 Å². The van der Waals surface area contributed by atoms with Crippen LogP contribution in [0.1, 0.15) is 13.3 Å². The molecule has 0 radical (unpaired) electrons. The van der Waals surface area contributed by atoms with Crippen molar-refractivity contribution in [3.8, 4) is 0 Å². The zero-order valence-electron chi connectivity index (χ0n) is 6.90. The summed E-state index contributed by atoms with van der Waals surface area (Å²) in [5.41, 5.74) is 0.587. The van der Waals surface area contributed by atoms with E-state index in [2.05, 4.69) is 4.98 Å². The summed E-state index contributed by atoms with van der Waals surface area (Å²) >= 11 is 4.85. The average molecular weight is 183 g/mol. The second-order valence-electron chi connectivity index (χ2n) is 2.05. The maximum Gasteiger partial charge on any atom is 0.381 e. The largest absolute Gasteiger partial charge is 0.397 e. The molecule has 1 rings (SSSR count). The molecule has 0 bridgehead atoms. The molecule has 0 amide bonds. The van der Waals surface area contributed by atoms with E-state index in [9.17, 15) is 0 Å². The van der Waals surface area contributed by atoms with E-state index < -0.39 is 0 Å². The van der Waals surface area contributed by atoms with Crippen molar-refractivity contribution in [3.05, 3.63) is 28.9 Å². The van der Waals surface area contributed by atoms with Crippen LogP contribution in [-0.2, 0) is 0 Å². The smallest absolute Gasteiger partial charge is 0.381 e. The Kier molecular flexibility index (Phi) is 6.07. The van der Waals surface area contributed by atoms with E-state index in [0.29, 0.717) is 12.1 Å². The molecule has 1 aliphatic rings. The fourth-order valence-corrected chi connectivity index (χ4v) is 0.745. The van der Waals surface area contributed by atoms with Gasteiger partial charge in [0, 0.05) is 30.0 Å². The van der Waals surface area contributed by atoms with Gasteiger partial charge in [0.2, 0.25) is 5.39 Å². The molecule has 0 saturated carbocycles. The Bertz CT molecular complexity index is 250. The van der Waals surface area contributed by atoms with Gasteiger partial charge in [0.15, 0.2) is 4.98 Å². The normalized spacial score (nSPS) is 14.1. The molecule has 3 nitrogen and oxygen atoms in total. The lowest BCUT2D eigenvalue weighted by Gasteiger charge is -1.90. The molecule has 12 heavy (non-hydrogen) atoms. The second kappa shape index (κ2) is 6.65. The molecule has 0 fully saturated rings. The molecule has 0 aliphatic heterocycles. The Hall–Kier alpha value is -1.05. The van der Waals surface area contributed by atoms with Gasteiger partial charge >= 0.3 is 5.70 Å². The molecule has 0 atom stereocenters. The third kappa shape index (κ3) is 4.72. The molecule has 0 saturated heterocycles. The summed E-state index contributed by atoms with van der Waals surface area (Å²) in [7, 11) is 0. The number of diazo groups is 1. The standard InChI is InChI=1S/C6H5N2S.C2H6O/c7-8-5-1-3-6(9)4-2-5;1-2-3/h1-3H,4H2;3H,2H2,1H3/q+1;. The summed E-state index contributed by atoms with van der Waals surface area (Å²) in [6, 6.07) is 0. The van der Waals surface area contributed by atoms with E-state index in [1.54, 1.807) is 25.2 Å². The molecule has 0 aromatic rings. The van der Waals surface area contributed by atoms with Crippen LogP contribution >= 0.6 is 12.2 Å². The van der Waals surface area contributed by atoms with Crippen LogP contribution in [0.5, 0.6) is 0 Å². The number of hydrogen-bond donors (Lipinski definition) is 1. The molecule has 0 aromatic heterocycles.